The first-order valence-corrected chi connectivity index (χ1v) is 13.1. The van der Waals surface area contributed by atoms with Crippen LogP contribution in [0.1, 0.15) is 41.9 Å². The van der Waals surface area contributed by atoms with Gasteiger partial charge in [-0.3, -0.25) is 4.79 Å². The lowest BCUT2D eigenvalue weighted by atomic mass is 9.82. The van der Waals surface area contributed by atoms with Crippen LogP contribution in [0.25, 0.3) is 10.4 Å². The van der Waals surface area contributed by atoms with Crippen LogP contribution in [0.5, 0.6) is 0 Å². The molecule has 1 unspecified atom stereocenters. The third kappa shape index (κ3) is 6.11. The SMILES string of the molecule is Cc1cc(Nc2nccc(C(F)(F)F)n2)cc(-c2cnc([C@]3(O)CC[C@H](NC(=O)C4CNC(=O)N4)CC3)s2)c1. The fraction of sp³-hybridized carbons (Fsp3) is 0.400. The number of benzene rings is 1. The Hall–Kier alpha value is -3.78. The van der Waals surface area contributed by atoms with Gasteiger partial charge in [-0.25, -0.2) is 19.7 Å². The lowest BCUT2D eigenvalue weighted by Gasteiger charge is -2.35. The van der Waals surface area contributed by atoms with Gasteiger partial charge < -0.3 is 26.4 Å². The molecule has 3 amide bonds. The summed E-state index contributed by atoms with van der Waals surface area (Å²) >= 11 is 1.34. The van der Waals surface area contributed by atoms with E-state index in [1.54, 1.807) is 18.3 Å². The van der Waals surface area contributed by atoms with Crippen LogP contribution >= 0.6 is 11.3 Å². The Morgan fingerprint density at radius 1 is 1.21 bits per heavy atom. The summed E-state index contributed by atoms with van der Waals surface area (Å²) in [6.07, 6.45) is 0.0744. The predicted molar refractivity (Wildman–Crippen MR) is 137 cm³/mol. The average molecular weight is 562 g/mol. The Balaban J connectivity index is 1.25. The van der Waals surface area contributed by atoms with E-state index >= 15 is 0 Å². The number of nitrogens with zero attached hydrogens (tertiary/aromatic N) is 3. The molecule has 0 bridgehead atoms. The molecule has 1 aliphatic carbocycles. The van der Waals surface area contributed by atoms with Gasteiger partial charge in [0.05, 0.1) is 4.88 Å². The highest BCUT2D eigenvalue weighted by Gasteiger charge is 2.39. The fourth-order valence-electron chi connectivity index (χ4n) is 4.69. The van der Waals surface area contributed by atoms with Gasteiger partial charge >= 0.3 is 12.2 Å². The molecule has 2 fully saturated rings. The lowest BCUT2D eigenvalue weighted by molar-refractivity contribution is -0.141. The number of aryl methyl sites for hydroxylation is 1. The summed E-state index contributed by atoms with van der Waals surface area (Å²) < 4.78 is 39.1. The maximum Gasteiger partial charge on any atom is 0.433 e. The summed E-state index contributed by atoms with van der Waals surface area (Å²) in [5.41, 5.74) is -0.0115. The second kappa shape index (κ2) is 10.4. The topological polar surface area (TPSA) is 141 Å². The number of carbonyl (C=O) groups excluding carboxylic acids is 2. The number of nitrogens with one attached hydrogen (secondary N) is 4. The summed E-state index contributed by atoms with van der Waals surface area (Å²) in [6, 6.07) is 5.18. The van der Waals surface area contributed by atoms with Crippen LogP contribution in [0.15, 0.2) is 36.7 Å². The number of aliphatic hydroxyl groups is 1. The third-order valence-corrected chi connectivity index (χ3v) is 7.96. The number of amides is 3. The highest BCUT2D eigenvalue weighted by atomic mass is 32.1. The molecule has 14 heteroatoms. The van der Waals surface area contributed by atoms with Crippen molar-refractivity contribution >= 4 is 34.9 Å². The van der Waals surface area contributed by atoms with Crippen LogP contribution < -0.4 is 21.3 Å². The number of rotatable bonds is 6. The molecule has 1 atom stereocenters. The Labute approximate surface area is 225 Å². The van der Waals surface area contributed by atoms with E-state index < -0.39 is 23.5 Å². The molecule has 0 radical (unpaired) electrons. The van der Waals surface area contributed by atoms with Crippen molar-refractivity contribution in [3.63, 3.8) is 0 Å². The minimum Gasteiger partial charge on any atom is -0.383 e. The molecule has 206 valence electrons. The predicted octanol–water partition coefficient (Wildman–Crippen LogP) is 3.60. The maximum absolute atomic E-state index is 13.0. The maximum atomic E-state index is 13.0. The highest BCUT2D eigenvalue weighted by Crippen LogP contribution is 2.41. The molecule has 0 spiro atoms. The van der Waals surface area contributed by atoms with Crippen molar-refractivity contribution in [2.24, 2.45) is 0 Å². The van der Waals surface area contributed by atoms with E-state index in [1.165, 1.54) is 11.3 Å². The fourth-order valence-corrected chi connectivity index (χ4v) is 5.74. The number of alkyl halides is 3. The summed E-state index contributed by atoms with van der Waals surface area (Å²) in [5.74, 6) is -0.421. The normalized spacial score (nSPS) is 23.2. The van der Waals surface area contributed by atoms with E-state index in [2.05, 4.69) is 36.2 Å². The van der Waals surface area contributed by atoms with Crippen molar-refractivity contribution in [3.8, 4) is 10.4 Å². The quantitative estimate of drug-likeness (QED) is 0.310. The van der Waals surface area contributed by atoms with Gasteiger partial charge in [-0.15, -0.1) is 11.3 Å². The zero-order valence-electron chi connectivity index (χ0n) is 20.8. The second-order valence-electron chi connectivity index (χ2n) is 9.73. The van der Waals surface area contributed by atoms with Gasteiger partial charge in [-0.2, -0.15) is 13.2 Å². The summed E-state index contributed by atoms with van der Waals surface area (Å²) in [6.45, 7) is 2.10. The monoisotopic (exact) mass is 561 g/mol. The molecular weight excluding hydrogens is 535 g/mol. The van der Waals surface area contributed by atoms with Crippen molar-refractivity contribution in [1.29, 1.82) is 0 Å². The zero-order chi connectivity index (χ0) is 27.8. The lowest BCUT2D eigenvalue weighted by Crippen LogP contribution is -2.49. The van der Waals surface area contributed by atoms with Crippen LogP contribution in [0.3, 0.4) is 0 Å². The first kappa shape index (κ1) is 26.8. The van der Waals surface area contributed by atoms with E-state index in [9.17, 15) is 27.9 Å². The Bertz CT molecular complexity index is 1390. The smallest absolute Gasteiger partial charge is 0.383 e. The summed E-state index contributed by atoms with van der Waals surface area (Å²) in [5, 5.41) is 22.8. The van der Waals surface area contributed by atoms with Gasteiger partial charge in [0.15, 0.2) is 0 Å². The molecule has 3 heterocycles. The number of thiazole rings is 1. The molecule has 2 aromatic heterocycles. The standard InChI is InChI=1S/C25H26F3N7O3S/c1-13-8-14(10-16(9-13)33-22-29-7-4-19(35-22)25(26,27)28)18-12-30-21(39-18)24(38)5-2-15(3-6-24)32-20(36)17-11-31-23(37)34-17/h4,7-10,12,15,17,38H,2-3,5-6,11H2,1H3,(H,32,36)(H,29,33,35)(H2,31,34,37)/t15-,17?,24-. The van der Waals surface area contributed by atoms with E-state index in [0.717, 1.165) is 28.3 Å². The molecule has 5 rings (SSSR count). The van der Waals surface area contributed by atoms with Crippen LogP contribution in [0.2, 0.25) is 0 Å². The van der Waals surface area contributed by atoms with Gasteiger partial charge in [-0.05, 0) is 61.9 Å². The van der Waals surface area contributed by atoms with Crippen LogP contribution in [-0.4, -0.2) is 50.6 Å². The number of carbonyl (C=O) groups is 2. The molecular formula is C25H26F3N7O3S. The molecule has 1 aliphatic heterocycles. The number of halogens is 3. The molecule has 3 aromatic rings. The first-order valence-electron chi connectivity index (χ1n) is 12.3. The van der Waals surface area contributed by atoms with E-state index in [0.29, 0.717) is 36.4 Å². The zero-order valence-corrected chi connectivity index (χ0v) is 21.6. The summed E-state index contributed by atoms with van der Waals surface area (Å²) in [4.78, 5) is 36.4. The largest absolute Gasteiger partial charge is 0.433 e. The van der Waals surface area contributed by atoms with Crippen molar-refractivity contribution in [3.05, 3.63) is 52.9 Å². The number of hydrogen-bond donors (Lipinski definition) is 5. The molecule has 39 heavy (non-hydrogen) atoms. The first-order chi connectivity index (χ1) is 18.5. The van der Waals surface area contributed by atoms with Gasteiger partial charge in [0.2, 0.25) is 11.9 Å². The minimum absolute atomic E-state index is 0.113. The van der Waals surface area contributed by atoms with Crippen molar-refractivity contribution < 1.29 is 27.9 Å². The number of urea groups is 1. The van der Waals surface area contributed by atoms with E-state index in [-0.39, 0.29) is 30.5 Å². The van der Waals surface area contributed by atoms with Crippen LogP contribution in [0, 0.1) is 6.92 Å². The number of aromatic nitrogens is 3. The Kier molecular flexibility index (Phi) is 7.16. The second-order valence-corrected chi connectivity index (χ2v) is 10.8. The minimum atomic E-state index is -4.58. The van der Waals surface area contributed by atoms with Crippen LogP contribution in [-0.2, 0) is 16.6 Å². The summed E-state index contributed by atoms with van der Waals surface area (Å²) in [7, 11) is 0. The third-order valence-electron chi connectivity index (χ3n) is 6.72. The van der Waals surface area contributed by atoms with Gasteiger partial charge in [0, 0.05) is 30.7 Å². The van der Waals surface area contributed by atoms with Gasteiger partial charge in [-0.1, -0.05) is 6.07 Å². The van der Waals surface area contributed by atoms with Crippen molar-refractivity contribution in [1.82, 2.24) is 30.9 Å². The van der Waals surface area contributed by atoms with Crippen molar-refractivity contribution in [2.45, 2.75) is 56.5 Å². The Morgan fingerprint density at radius 3 is 2.67 bits per heavy atom. The molecule has 5 N–H and O–H groups in total. The average Bonchev–Trinajstić information content (AvgIpc) is 3.55. The van der Waals surface area contributed by atoms with E-state index in [1.807, 2.05) is 13.0 Å². The number of hydrogen-bond acceptors (Lipinski definition) is 8. The molecule has 1 aromatic carbocycles. The van der Waals surface area contributed by atoms with Gasteiger partial charge in [0.1, 0.15) is 22.3 Å². The van der Waals surface area contributed by atoms with Crippen LogP contribution in [0.4, 0.5) is 29.6 Å². The van der Waals surface area contributed by atoms with Crippen molar-refractivity contribution in [2.75, 3.05) is 11.9 Å². The van der Waals surface area contributed by atoms with Gasteiger partial charge in [0.25, 0.3) is 0 Å². The molecule has 2 aliphatic rings. The Morgan fingerprint density at radius 2 is 1.97 bits per heavy atom. The molecule has 10 nitrogen and oxygen atoms in total. The highest BCUT2D eigenvalue weighted by molar-refractivity contribution is 7.15. The van der Waals surface area contributed by atoms with E-state index in [4.69, 9.17) is 0 Å². The molecule has 1 saturated carbocycles. The molecule has 1 saturated heterocycles. The number of anilines is 2.